The van der Waals surface area contributed by atoms with Crippen LogP contribution < -0.4 is 4.90 Å². The van der Waals surface area contributed by atoms with E-state index in [1.165, 1.54) is 12.2 Å². The average molecular weight is 262 g/mol. The second kappa shape index (κ2) is 5.84. The first-order valence-corrected chi connectivity index (χ1v) is 6.32. The molecule has 1 saturated heterocycles. The van der Waals surface area contributed by atoms with E-state index in [1.54, 1.807) is 11.9 Å². The number of rotatable bonds is 4. The number of anilines is 1. The van der Waals surface area contributed by atoms with Gasteiger partial charge in [-0.1, -0.05) is 12.1 Å². The van der Waals surface area contributed by atoms with Crippen LogP contribution in [0.4, 0.5) is 5.69 Å². The monoisotopic (exact) mass is 262 g/mol. The molecule has 1 aliphatic heterocycles. The number of amides is 2. The van der Waals surface area contributed by atoms with Crippen molar-refractivity contribution in [2.75, 3.05) is 25.6 Å². The van der Waals surface area contributed by atoms with Gasteiger partial charge in [0.2, 0.25) is 11.8 Å². The van der Waals surface area contributed by atoms with E-state index in [0.29, 0.717) is 12.8 Å². The lowest BCUT2D eigenvalue weighted by Gasteiger charge is -2.16. The Balaban J connectivity index is 2.02. The highest BCUT2D eigenvalue weighted by Gasteiger charge is 2.21. The van der Waals surface area contributed by atoms with Gasteiger partial charge < -0.3 is 4.90 Å². The van der Waals surface area contributed by atoms with Crippen molar-refractivity contribution in [2.24, 2.45) is 0 Å². The van der Waals surface area contributed by atoms with Crippen LogP contribution in [-0.4, -0.2) is 37.6 Å². The van der Waals surface area contributed by atoms with Crippen molar-refractivity contribution < 1.29 is 14.4 Å². The van der Waals surface area contributed by atoms with Crippen LogP contribution in [0.15, 0.2) is 24.3 Å². The van der Waals surface area contributed by atoms with E-state index in [2.05, 4.69) is 0 Å². The highest BCUT2D eigenvalue weighted by atomic mass is 16.7. The summed E-state index contributed by atoms with van der Waals surface area (Å²) >= 11 is 0. The molecule has 0 spiro atoms. The third kappa shape index (κ3) is 3.12. The Morgan fingerprint density at radius 1 is 1.37 bits per heavy atom. The molecule has 1 aromatic carbocycles. The summed E-state index contributed by atoms with van der Waals surface area (Å²) in [5, 5.41) is 1.21. The van der Waals surface area contributed by atoms with E-state index in [1.807, 2.05) is 24.3 Å². The third-order valence-electron chi connectivity index (χ3n) is 3.30. The minimum atomic E-state index is -0.104. The van der Waals surface area contributed by atoms with Crippen LogP contribution in [0.5, 0.6) is 0 Å². The maximum absolute atomic E-state index is 11.7. The highest BCUT2D eigenvalue weighted by Crippen LogP contribution is 2.21. The van der Waals surface area contributed by atoms with Gasteiger partial charge in [-0.05, 0) is 24.1 Å². The van der Waals surface area contributed by atoms with Crippen LogP contribution in [0, 0.1) is 0 Å². The molecule has 1 heterocycles. The van der Waals surface area contributed by atoms with Gasteiger partial charge in [0.1, 0.15) is 0 Å². The number of benzene rings is 1. The predicted molar refractivity (Wildman–Crippen MR) is 71.5 cm³/mol. The van der Waals surface area contributed by atoms with Crippen molar-refractivity contribution in [1.29, 1.82) is 0 Å². The molecule has 0 N–H and O–H groups in total. The van der Waals surface area contributed by atoms with Crippen molar-refractivity contribution in [3.05, 3.63) is 29.8 Å². The van der Waals surface area contributed by atoms with Gasteiger partial charge in [-0.15, -0.1) is 0 Å². The van der Waals surface area contributed by atoms with Gasteiger partial charge in [-0.3, -0.25) is 14.4 Å². The summed E-state index contributed by atoms with van der Waals surface area (Å²) in [5.74, 6) is 0.0652. The fourth-order valence-corrected chi connectivity index (χ4v) is 2.10. The predicted octanol–water partition coefficient (Wildman–Crippen LogP) is 1.38. The minimum absolute atomic E-state index is 0.104. The summed E-state index contributed by atoms with van der Waals surface area (Å²) in [6.45, 7) is 0.781. The molecule has 0 aromatic heterocycles. The molecule has 1 aliphatic rings. The molecule has 0 radical (unpaired) electrons. The summed E-state index contributed by atoms with van der Waals surface area (Å²) in [6, 6.07) is 7.53. The van der Waals surface area contributed by atoms with E-state index in [-0.39, 0.29) is 11.8 Å². The molecule has 102 valence electrons. The highest BCUT2D eigenvalue weighted by molar-refractivity contribution is 5.95. The van der Waals surface area contributed by atoms with E-state index >= 15 is 0 Å². The molecule has 0 saturated carbocycles. The zero-order valence-corrected chi connectivity index (χ0v) is 11.3. The fraction of sp³-hybridized carbons (Fsp3) is 0.429. The summed E-state index contributed by atoms with van der Waals surface area (Å²) in [5.41, 5.74) is 1.81. The summed E-state index contributed by atoms with van der Waals surface area (Å²) in [4.78, 5) is 29.9. The van der Waals surface area contributed by atoms with Crippen molar-refractivity contribution in [2.45, 2.75) is 19.3 Å². The molecule has 2 rings (SSSR count). The van der Waals surface area contributed by atoms with E-state index in [9.17, 15) is 9.59 Å². The quantitative estimate of drug-likeness (QED) is 0.770. The molecular formula is C14H18N2O3. The fourth-order valence-electron chi connectivity index (χ4n) is 2.10. The largest absolute Gasteiger partial charge is 0.312 e. The zero-order chi connectivity index (χ0) is 13.8. The van der Waals surface area contributed by atoms with E-state index < -0.39 is 0 Å². The average Bonchev–Trinajstić information content (AvgIpc) is 2.85. The van der Waals surface area contributed by atoms with Gasteiger partial charge in [-0.25, -0.2) is 5.06 Å². The smallest absolute Gasteiger partial charge is 0.250 e. The lowest BCUT2D eigenvalue weighted by atomic mass is 10.1. The molecule has 0 aliphatic carbocycles. The van der Waals surface area contributed by atoms with E-state index in [0.717, 1.165) is 24.2 Å². The maximum Gasteiger partial charge on any atom is 0.250 e. The van der Waals surface area contributed by atoms with Crippen molar-refractivity contribution in [3.63, 3.8) is 0 Å². The van der Waals surface area contributed by atoms with Gasteiger partial charge in [0, 0.05) is 25.7 Å². The van der Waals surface area contributed by atoms with Gasteiger partial charge in [0.25, 0.3) is 0 Å². The summed E-state index contributed by atoms with van der Waals surface area (Å²) < 4.78 is 0. The van der Waals surface area contributed by atoms with Crippen LogP contribution in [0.1, 0.15) is 18.4 Å². The van der Waals surface area contributed by atoms with Crippen molar-refractivity contribution >= 4 is 17.5 Å². The van der Waals surface area contributed by atoms with Gasteiger partial charge in [-0.2, -0.15) is 0 Å². The summed E-state index contributed by atoms with van der Waals surface area (Å²) in [6.07, 6.45) is 1.83. The number of carbonyl (C=O) groups excluding carboxylic acids is 2. The Hall–Kier alpha value is -1.88. The molecule has 2 amide bonds. The molecule has 19 heavy (non-hydrogen) atoms. The molecule has 5 nitrogen and oxygen atoms in total. The second-order valence-electron chi connectivity index (χ2n) is 4.57. The molecule has 1 aromatic rings. The van der Waals surface area contributed by atoms with Crippen LogP contribution in [-0.2, 0) is 20.8 Å². The SMILES string of the molecule is CON(C)C(=O)Cc1ccc(N2CCCC2=O)cc1. The molecule has 5 heteroatoms. The molecule has 1 fully saturated rings. The lowest BCUT2D eigenvalue weighted by molar-refractivity contribution is -0.167. The van der Waals surface area contributed by atoms with Crippen molar-refractivity contribution in [3.8, 4) is 0 Å². The van der Waals surface area contributed by atoms with Crippen LogP contribution in [0.3, 0.4) is 0 Å². The minimum Gasteiger partial charge on any atom is -0.312 e. The molecule has 0 bridgehead atoms. The zero-order valence-electron chi connectivity index (χ0n) is 11.3. The maximum atomic E-state index is 11.7. The van der Waals surface area contributed by atoms with Gasteiger partial charge in [0.15, 0.2) is 0 Å². The lowest BCUT2D eigenvalue weighted by Crippen LogP contribution is -2.27. The summed E-state index contributed by atoms with van der Waals surface area (Å²) in [7, 11) is 3.04. The Morgan fingerprint density at radius 2 is 2.05 bits per heavy atom. The number of hydrogen-bond donors (Lipinski definition) is 0. The third-order valence-corrected chi connectivity index (χ3v) is 3.30. The first-order chi connectivity index (χ1) is 9.11. The normalized spacial score (nSPS) is 14.8. The van der Waals surface area contributed by atoms with Crippen LogP contribution >= 0.6 is 0 Å². The topological polar surface area (TPSA) is 49.9 Å². The van der Waals surface area contributed by atoms with Crippen LogP contribution in [0.2, 0.25) is 0 Å². The first-order valence-electron chi connectivity index (χ1n) is 6.32. The van der Waals surface area contributed by atoms with Crippen molar-refractivity contribution in [1.82, 2.24) is 5.06 Å². The molecular weight excluding hydrogens is 244 g/mol. The first kappa shape index (κ1) is 13.5. The Labute approximate surface area is 112 Å². The van der Waals surface area contributed by atoms with Gasteiger partial charge >= 0.3 is 0 Å². The standard InChI is InChI=1S/C14H18N2O3/c1-15(19-2)14(18)10-11-5-7-12(8-6-11)16-9-3-4-13(16)17/h5-8H,3-4,9-10H2,1-2H3. The number of carbonyl (C=O) groups is 2. The molecule has 0 atom stereocenters. The Bertz CT molecular complexity index is 470. The van der Waals surface area contributed by atoms with E-state index in [4.69, 9.17) is 4.84 Å². The number of likely N-dealkylation sites (N-methyl/N-ethyl adjacent to an activating group) is 1. The number of hydroxylamine groups is 2. The van der Waals surface area contributed by atoms with Crippen LogP contribution in [0.25, 0.3) is 0 Å². The second-order valence-corrected chi connectivity index (χ2v) is 4.57. The van der Waals surface area contributed by atoms with Gasteiger partial charge in [0.05, 0.1) is 13.5 Å². The number of hydrogen-bond acceptors (Lipinski definition) is 3. The molecule has 0 unspecified atom stereocenters. The number of nitrogens with zero attached hydrogens (tertiary/aromatic N) is 2. The Morgan fingerprint density at radius 3 is 2.58 bits per heavy atom. The Kier molecular flexibility index (Phi) is 4.16.